The molecule has 2 rings (SSSR count). The van der Waals surface area contributed by atoms with E-state index in [1.54, 1.807) is 0 Å². The third kappa shape index (κ3) is 2.46. The fourth-order valence-electron chi connectivity index (χ4n) is 2.39. The van der Waals surface area contributed by atoms with Crippen molar-refractivity contribution in [2.24, 2.45) is 0 Å². The normalized spacial score (nSPS) is 14.8. The maximum absolute atomic E-state index is 3.36. The molecule has 1 aliphatic heterocycles. The van der Waals surface area contributed by atoms with Crippen molar-refractivity contribution in [1.29, 1.82) is 0 Å². The summed E-state index contributed by atoms with van der Waals surface area (Å²) in [7, 11) is 0. The zero-order valence-corrected chi connectivity index (χ0v) is 11.1. The minimum absolute atomic E-state index is 1.02. The van der Waals surface area contributed by atoms with Crippen molar-refractivity contribution < 1.29 is 0 Å². The molecule has 0 fully saturated rings. The molecule has 0 saturated heterocycles. The molecule has 17 heavy (non-hydrogen) atoms. The monoisotopic (exact) mass is 228 g/mol. The quantitative estimate of drug-likeness (QED) is 0.779. The molecule has 0 bridgehead atoms. The first-order valence-electron chi connectivity index (χ1n) is 6.20. The van der Waals surface area contributed by atoms with E-state index in [0.717, 1.165) is 13.0 Å². The molecule has 1 aromatic carbocycles. The topological polar surface area (TPSA) is 6.48 Å². The molecule has 0 aliphatic carbocycles. The summed E-state index contributed by atoms with van der Waals surface area (Å²) in [6.45, 7) is 13.0. The molecular formula is C15H20N2. The van der Waals surface area contributed by atoms with Gasteiger partial charge in [-0.25, -0.2) is 0 Å². The van der Waals surface area contributed by atoms with Crippen LogP contribution in [0.5, 0.6) is 0 Å². The zero-order valence-electron chi connectivity index (χ0n) is 11.1. The van der Waals surface area contributed by atoms with Crippen LogP contribution in [-0.4, -0.2) is 11.4 Å². The Morgan fingerprint density at radius 2 is 1.71 bits per heavy atom. The molecule has 2 nitrogen and oxygen atoms in total. The molecule has 2 radical (unpaired) electrons. The van der Waals surface area contributed by atoms with Crippen molar-refractivity contribution in [3.63, 3.8) is 0 Å². The molecule has 0 saturated carbocycles. The van der Waals surface area contributed by atoms with Crippen LogP contribution < -0.4 is 4.90 Å². The summed E-state index contributed by atoms with van der Waals surface area (Å²) >= 11 is 0. The molecule has 2 heteroatoms. The lowest BCUT2D eigenvalue weighted by molar-refractivity contribution is 0.465. The van der Waals surface area contributed by atoms with Crippen molar-refractivity contribution in [1.82, 2.24) is 4.90 Å². The average molecular weight is 228 g/mol. The summed E-state index contributed by atoms with van der Waals surface area (Å²) in [4.78, 5) is 4.21. The predicted octanol–water partition coefficient (Wildman–Crippen LogP) is 3.61. The van der Waals surface area contributed by atoms with Gasteiger partial charge in [0.15, 0.2) is 0 Å². The molecule has 1 aromatic rings. The van der Waals surface area contributed by atoms with Gasteiger partial charge in [-0.3, -0.25) is 0 Å². The lowest BCUT2D eigenvalue weighted by Crippen LogP contribution is -2.20. The standard InChI is InChI=1S/C15H20N2/c1-5-6-16-7-8-17(11-16)15-13(3)9-12(2)10-14(15)4/h7-10H,5-6H2,1-4H3. The largest absolute Gasteiger partial charge is 0.346 e. The van der Waals surface area contributed by atoms with Crippen LogP contribution in [0.15, 0.2) is 24.5 Å². The van der Waals surface area contributed by atoms with Crippen molar-refractivity contribution in [3.8, 4) is 0 Å². The maximum atomic E-state index is 3.36. The van der Waals surface area contributed by atoms with E-state index in [-0.39, 0.29) is 0 Å². The van der Waals surface area contributed by atoms with Gasteiger partial charge in [-0.2, -0.15) is 0 Å². The summed E-state index contributed by atoms with van der Waals surface area (Å²) in [6, 6.07) is 4.45. The van der Waals surface area contributed by atoms with E-state index >= 15 is 0 Å². The predicted molar refractivity (Wildman–Crippen MR) is 72.5 cm³/mol. The molecule has 90 valence electrons. The summed E-state index contributed by atoms with van der Waals surface area (Å²) in [5, 5.41) is 0. The Balaban J connectivity index is 2.22. The summed E-state index contributed by atoms with van der Waals surface area (Å²) < 4.78 is 0. The maximum Gasteiger partial charge on any atom is 0.212 e. The second kappa shape index (κ2) is 4.82. The highest BCUT2D eigenvalue weighted by molar-refractivity contribution is 5.63. The van der Waals surface area contributed by atoms with Crippen LogP contribution in [0.25, 0.3) is 0 Å². The third-order valence-electron chi connectivity index (χ3n) is 2.97. The zero-order chi connectivity index (χ0) is 12.4. The van der Waals surface area contributed by atoms with Gasteiger partial charge in [-0.15, -0.1) is 0 Å². The molecule has 0 unspecified atom stereocenters. The Morgan fingerprint density at radius 1 is 1.06 bits per heavy atom. The second-order valence-electron chi connectivity index (χ2n) is 4.71. The Morgan fingerprint density at radius 3 is 2.29 bits per heavy atom. The van der Waals surface area contributed by atoms with Crippen LogP contribution in [0, 0.1) is 27.4 Å². The Bertz CT molecular complexity index is 412. The Kier molecular flexibility index (Phi) is 3.41. The molecule has 0 amide bonds. The number of hydrogen-bond donors (Lipinski definition) is 0. The van der Waals surface area contributed by atoms with Crippen LogP contribution in [0.4, 0.5) is 5.69 Å². The van der Waals surface area contributed by atoms with E-state index in [9.17, 15) is 0 Å². The Labute approximate surface area is 105 Å². The molecule has 0 aromatic heterocycles. The third-order valence-corrected chi connectivity index (χ3v) is 2.97. The van der Waals surface area contributed by atoms with E-state index < -0.39 is 0 Å². The minimum Gasteiger partial charge on any atom is -0.346 e. The van der Waals surface area contributed by atoms with Gasteiger partial charge < -0.3 is 9.80 Å². The first kappa shape index (κ1) is 12.0. The minimum atomic E-state index is 1.02. The molecule has 0 atom stereocenters. The van der Waals surface area contributed by atoms with Gasteiger partial charge in [0.2, 0.25) is 6.67 Å². The van der Waals surface area contributed by atoms with Crippen LogP contribution >= 0.6 is 0 Å². The summed E-state index contributed by atoms with van der Waals surface area (Å²) in [5.41, 5.74) is 5.18. The molecule has 0 N–H and O–H groups in total. The smallest absolute Gasteiger partial charge is 0.212 e. The SMILES string of the molecule is CCCN1[C]N(c2c(C)cc(C)cc2C)C=C1. The lowest BCUT2D eigenvalue weighted by Gasteiger charge is -2.22. The van der Waals surface area contributed by atoms with Crippen LogP contribution in [0.3, 0.4) is 0 Å². The molecular weight excluding hydrogens is 208 g/mol. The van der Waals surface area contributed by atoms with E-state index in [2.05, 4.69) is 68.7 Å². The fraction of sp³-hybridized carbons (Fsp3) is 0.400. The number of rotatable bonds is 3. The summed E-state index contributed by atoms with van der Waals surface area (Å²) in [6.07, 6.45) is 5.31. The molecule has 1 heterocycles. The highest BCUT2D eigenvalue weighted by Crippen LogP contribution is 2.30. The van der Waals surface area contributed by atoms with Crippen molar-refractivity contribution in [2.75, 3.05) is 11.4 Å². The molecule has 0 spiro atoms. The van der Waals surface area contributed by atoms with E-state index in [1.807, 2.05) is 0 Å². The van der Waals surface area contributed by atoms with E-state index in [4.69, 9.17) is 0 Å². The second-order valence-corrected chi connectivity index (χ2v) is 4.71. The van der Waals surface area contributed by atoms with Crippen LogP contribution in [0.1, 0.15) is 30.0 Å². The highest BCUT2D eigenvalue weighted by Gasteiger charge is 2.18. The number of benzene rings is 1. The number of anilines is 1. The van der Waals surface area contributed by atoms with Crippen molar-refractivity contribution in [2.45, 2.75) is 34.1 Å². The van der Waals surface area contributed by atoms with E-state index in [1.165, 1.54) is 22.4 Å². The first-order chi connectivity index (χ1) is 8.11. The Hall–Kier alpha value is -1.44. The first-order valence-corrected chi connectivity index (χ1v) is 6.20. The fourth-order valence-corrected chi connectivity index (χ4v) is 2.39. The number of nitrogens with zero attached hydrogens (tertiary/aromatic N) is 2. The van der Waals surface area contributed by atoms with Gasteiger partial charge in [0.1, 0.15) is 0 Å². The van der Waals surface area contributed by atoms with Crippen molar-refractivity contribution >= 4 is 5.69 Å². The van der Waals surface area contributed by atoms with Gasteiger partial charge in [0, 0.05) is 24.6 Å². The van der Waals surface area contributed by atoms with Gasteiger partial charge in [0.05, 0.1) is 0 Å². The summed E-state index contributed by atoms with van der Waals surface area (Å²) in [5.74, 6) is 0. The highest BCUT2D eigenvalue weighted by atomic mass is 15.3. The van der Waals surface area contributed by atoms with Gasteiger partial charge in [-0.05, 0) is 38.3 Å². The van der Waals surface area contributed by atoms with Gasteiger partial charge in [-0.1, -0.05) is 24.6 Å². The van der Waals surface area contributed by atoms with Gasteiger partial charge >= 0.3 is 0 Å². The van der Waals surface area contributed by atoms with Crippen LogP contribution in [0.2, 0.25) is 0 Å². The number of hydrogen-bond acceptors (Lipinski definition) is 2. The van der Waals surface area contributed by atoms with Crippen molar-refractivity contribution in [3.05, 3.63) is 47.9 Å². The number of aryl methyl sites for hydroxylation is 3. The van der Waals surface area contributed by atoms with Gasteiger partial charge in [0.25, 0.3) is 0 Å². The average Bonchev–Trinajstić information content (AvgIpc) is 2.65. The molecule has 1 aliphatic rings. The lowest BCUT2D eigenvalue weighted by atomic mass is 10.0. The van der Waals surface area contributed by atoms with Crippen LogP contribution in [-0.2, 0) is 0 Å². The van der Waals surface area contributed by atoms with E-state index in [0.29, 0.717) is 0 Å².